The molecule has 0 bridgehead atoms. The van der Waals surface area contributed by atoms with E-state index in [1.165, 1.54) is 11.1 Å². The Hall–Kier alpha value is -2.69. The van der Waals surface area contributed by atoms with Gasteiger partial charge in [0.05, 0.1) is 0 Å². The van der Waals surface area contributed by atoms with Crippen molar-refractivity contribution in [2.75, 3.05) is 11.9 Å². The number of aromatic nitrogens is 1. The molecule has 2 aromatic rings. The summed E-state index contributed by atoms with van der Waals surface area (Å²) >= 11 is 0. The first kappa shape index (κ1) is 15.8. The standard InChI is InChI=1S/C20H21N3O2/c24-18(23-15-6-10-21-11-7-15)8-12-22-19(25)17-13-20(17)9-5-14-3-1-2-4-16(14)20/h1-4,6-7,10-11,17H,5,8-9,12-13H2,(H,22,25)(H,21,23,24)/t17-,20+/m1/s1. The maximum atomic E-state index is 12.5. The Labute approximate surface area is 146 Å². The van der Waals surface area contributed by atoms with Crippen molar-refractivity contribution < 1.29 is 9.59 Å². The third-order valence-corrected chi connectivity index (χ3v) is 5.40. The minimum atomic E-state index is -0.108. The van der Waals surface area contributed by atoms with Crippen LogP contribution in [0.4, 0.5) is 5.69 Å². The lowest BCUT2D eigenvalue weighted by molar-refractivity contribution is -0.122. The summed E-state index contributed by atoms with van der Waals surface area (Å²) in [7, 11) is 0. The third kappa shape index (κ3) is 3.02. The fourth-order valence-electron chi connectivity index (χ4n) is 4.02. The maximum absolute atomic E-state index is 12.5. The van der Waals surface area contributed by atoms with E-state index in [4.69, 9.17) is 0 Å². The van der Waals surface area contributed by atoms with Gasteiger partial charge in [-0.3, -0.25) is 14.6 Å². The van der Waals surface area contributed by atoms with Crippen LogP contribution in [-0.4, -0.2) is 23.3 Å². The number of nitrogens with zero attached hydrogens (tertiary/aromatic N) is 1. The Morgan fingerprint density at radius 1 is 1.16 bits per heavy atom. The third-order valence-electron chi connectivity index (χ3n) is 5.40. The van der Waals surface area contributed by atoms with Crippen LogP contribution in [0.1, 0.15) is 30.4 Å². The Morgan fingerprint density at radius 3 is 2.80 bits per heavy atom. The van der Waals surface area contributed by atoms with Gasteiger partial charge in [-0.1, -0.05) is 24.3 Å². The van der Waals surface area contributed by atoms with E-state index in [0.29, 0.717) is 6.54 Å². The van der Waals surface area contributed by atoms with Gasteiger partial charge in [0.25, 0.3) is 0 Å². The summed E-state index contributed by atoms with van der Waals surface area (Å²) in [5.74, 6) is 0.0241. The second kappa shape index (κ2) is 6.31. The molecule has 0 radical (unpaired) electrons. The quantitative estimate of drug-likeness (QED) is 0.881. The van der Waals surface area contributed by atoms with Crippen LogP contribution >= 0.6 is 0 Å². The summed E-state index contributed by atoms with van der Waals surface area (Å²) in [5.41, 5.74) is 3.51. The SMILES string of the molecule is O=C(CCNC(=O)[C@H]1C[C@]12CCc1ccccc12)Nc1ccncc1. The average Bonchev–Trinajstić information content (AvgIpc) is 3.25. The molecule has 5 nitrogen and oxygen atoms in total. The normalized spacial score (nSPS) is 23.1. The van der Waals surface area contributed by atoms with E-state index in [1.807, 2.05) is 0 Å². The second-order valence-corrected chi connectivity index (χ2v) is 6.90. The topological polar surface area (TPSA) is 71.1 Å². The summed E-state index contributed by atoms with van der Waals surface area (Å²) in [5, 5.41) is 5.72. The van der Waals surface area contributed by atoms with Crippen LogP contribution in [0, 0.1) is 5.92 Å². The number of hydrogen-bond donors (Lipinski definition) is 2. The zero-order valence-corrected chi connectivity index (χ0v) is 14.0. The molecule has 2 amide bonds. The van der Waals surface area contributed by atoms with Gasteiger partial charge in [-0.2, -0.15) is 0 Å². The summed E-state index contributed by atoms with van der Waals surface area (Å²) in [4.78, 5) is 28.3. The number of rotatable bonds is 5. The molecule has 0 unspecified atom stereocenters. The van der Waals surface area contributed by atoms with Gasteiger partial charge < -0.3 is 10.6 Å². The molecular formula is C20H21N3O2. The van der Waals surface area contributed by atoms with E-state index in [-0.39, 0.29) is 29.6 Å². The highest BCUT2D eigenvalue weighted by atomic mass is 16.2. The fraction of sp³-hybridized carbons (Fsp3) is 0.350. The van der Waals surface area contributed by atoms with Crippen molar-refractivity contribution in [3.63, 3.8) is 0 Å². The largest absolute Gasteiger partial charge is 0.355 e. The zero-order valence-electron chi connectivity index (χ0n) is 14.0. The molecule has 0 saturated heterocycles. The molecule has 5 heteroatoms. The predicted octanol–water partition coefficient (Wildman–Crippen LogP) is 2.43. The van der Waals surface area contributed by atoms with E-state index in [1.54, 1.807) is 24.5 Å². The molecule has 1 aromatic carbocycles. The van der Waals surface area contributed by atoms with E-state index in [9.17, 15) is 9.59 Å². The monoisotopic (exact) mass is 335 g/mol. The molecule has 1 spiro atoms. The number of anilines is 1. The summed E-state index contributed by atoms with van der Waals surface area (Å²) in [6, 6.07) is 11.9. The van der Waals surface area contributed by atoms with Gasteiger partial charge in [0, 0.05) is 42.4 Å². The van der Waals surface area contributed by atoms with Crippen LogP contribution in [0.15, 0.2) is 48.8 Å². The van der Waals surface area contributed by atoms with Crippen molar-refractivity contribution in [2.24, 2.45) is 5.92 Å². The van der Waals surface area contributed by atoms with Crippen molar-refractivity contribution in [3.8, 4) is 0 Å². The number of carbonyl (C=O) groups excluding carboxylic acids is 2. The minimum absolute atomic E-state index is 0.0550. The number of pyridine rings is 1. The number of carbonyl (C=O) groups is 2. The van der Waals surface area contributed by atoms with Gasteiger partial charge in [0.15, 0.2) is 0 Å². The van der Waals surface area contributed by atoms with Crippen molar-refractivity contribution >= 4 is 17.5 Å². The van der Waals surface area contributed by atoms with Gasteiger partial charge in [0.2, 0.25) is 11.8 Å². The number of nitrogens with one attached hydrogen (secondary N) is 2. The van der Waals surface area contributed by atoms with Crippen LogP contribution < -0.4 is 10.6 Å². The Kier molecular flexibility index (Phi) is 3.99. The molecular weight excluding hydrogens is 314 g/mol. The number of hydrogen-bond acceptors (Lipinski definition) is 3. The Balaban J connectivity index is 1.26. The minimum Gasteiger partial charge on any atom is -0.355 e. The molecule has 2 N–H and O–H groups in total. The number of fused-ring (bicyclic) bond motifs is 2. The molecule has 1 saturated carbocycles. The van der Waals surface area contributed by atoms with Gasteiger partial charge in [-0.25, -0.2) is 0 Å². The molecule has 0 aliphatic heterocycles. The Morgan fingerprint density at radius 2 is 1.96 bits per heavy atom. The number of aryl methyl sites for hydroxylation is 1. The van der Waals surface area contributed by atoms with Crippen LogP contribution in [0.25, 0.3) is 0 Å². The van der Waals surface area contributed by atoms with Crippen LogP contribution in [-0.2, 0) is 21.4 Å². The van der Waals surface area contributed by atoms with Gasteiger partial charge in [-0.15, -0.1) is 0 Å². The lowest BCUT2D eigenvalue weighted by Crippen LogP contribution is -2.31. The number of amides is 2. The first-order valence-corrected chi connectivity index (χ1v) is 8.75. The zero-order chi connectivity index (χ0) is 17.3. The molecule has 1 heterocycles. The Bertz CT molecular complexity index is 806. The molecule has 4 rings (SSSR count). The van der Waals surface area contributed by atoms with E-state index < -0.39 is 0 Å². The number of benzene rings is 1. The van der Waals surface area contributed by atoms with Crippen molar-refractivity contribution in [2.45, 2.75) is 31.1 Å². The summed E-state index contributed by atoms with van der Waals surface area (Å²) in [6.45, 7) is 0.365. The second-order valence-electron chi connectivity index (χ2n) is 6.90. The average molecular weight is 335 g/mol. The van der Waals surface area contributed by atoms with Crippen LogP contribution in [0.5, 0.6) is 0 Å². The molecule has 1 fully saturated rings. The fourth-order valence-corrected chi connectivity index (χ4v) is 4.02. The smallest absolute Gasteiger partial charge is 0.226 e. The lowest BCUT2D eigenvalue weighted by Gasteiger charge is -2.12. The molecule has 1 aromatic heterocycles. The van der Waals surface area contributed by atoms with E-state index >= 15 is 0 Å². The van der Waals surface area contributed by atoms with Gasteiger partial charge >= 0.3 is 0 Å². The first-order chi connectivity index (χ1) is 12.2. The summed E-state index contributed by atoms with van der Waals surface area (Å²) in [6.07, 6.45) is 6.58. The van der Waals surface area contributed by atoms with Crippen LogP contribution in [0.2, 0.25) is 0 Å². The van der Waals surface area contributed by atoms with Crippen LogP contribution in [0.3, 0.4) is 0 Å². The van der Waals surface area contributed by atoms with Crippen molar-refractivity contribution in [3.05, 3.63) is 59.9 Å². The maximum Gasteiger partial charge on any atom is 0.226 e. The molecule has 2 aliphatic rings. The predicted molar refractivity (Wildman–Crippen MR) is 95.0 cm³/mol. The molecule has 2 atom stereocenters. The van der Waals surface area contributed by atoms with E-state index in [0.717, 1.165) is 24.9 Å². The highest BCUT2D eigenvalue weighted by Crippen LogP contribution is 2.61. The van der Waals surface area contributed by atoms with Gasteiger partial charge in [0.1, 0.15) is 0 Å². The van der Waals surface area contributed by atoms with Gasteiger partial charge in [-0.05, 0) is 42.5 Å². The molecule has 2 aliphatic carbocycles. The first-order valence-electron chi connectivity index (χ1n) is 8.75. The van der Waals surface area contributed by atoms with Crippen molar-refractivity contribution in [1.82, 2.24) is 10.3 Å². The molecule has 25 heavy (non-hydrogen) atoms. The lowest BCUT2D eigenvalue weighted by atomic mass is 9.95. The molecule has 128 valence electrons. The van der Waals surface area contributed by atoms with E-state index in [2.05, 4.69) is 39.9 Å². The van der Waals surface area contributed by atoms with Crippen molar-refractivity contribution in [1.29, 1.82) is 0 Å². The highest BCUT2D eigenvalue weighted by Gasteiger charge is 2.61. The highest BCUT2D eigenvalue weighted by molar-refractivity contribution is 5.91. The summed E-state index contributed by atoms with van der Waals surface area (Å²) < 4.78 is 0.